The zero-order valence-electron chi connectivity index (χ0n) is 16.9. The van der Waals surface area contributed by atoms with Crippen LogP contribution in [0.25, 0.3) is 0 Å². The second-order valence-corrected chi connectivity index (χ2v) is 7.94. The minimum atomic E-state index is -1.06. The molecule has 1 unspecified atom stereocenters. The Morgan fingerprint density at radius 1 is 1.26 bits per heavy atom. The zero-order chi connectivity index (χ0) is 22.4. The molecule has 0 aliphatic carbocycles. The number of anilines is 1. The fourth-order valence-corrected chi connectivity index (χ4v) is 4.39. The first kappa shape index (κ1) is 22.4. The van der Waals surface area contributed by atoms with Gasteiger partial charge in [0.1, 0.15) is 12.3 Å². The Kier molecular flexibility index (Phi) is 7.32. The quantitative estimate of drug-likeness (QED) is 0.349. The van der Waals surface area contributed by atoms with Crippen LogP contribution in [0.1, 0.15) is 15.9 Å². The number of nitrogens with one attached hydrogen (secondary N) is 1. The summed E-state index contributed by atoms with van der Waals surface area (Å²) in [5.41, 5.74) is 3.79. The van der Waals surface area contributed by atoms with Crippen LogP contribution in [0.3, 0.4) is 0 Å². The maximum absolute atomic E-state index is 13.2. The summed E-state index contributed by atoms with van der Waals surface area (Å²) < 4.78 is 5.17. The average Bonchev–Trinajstić information content (AvgIpc) is 2.76. The van der Waals surface area contributed by atoms with Gasteiger partial charge in [-0.15, -0.1) is 18.3 Å². The molecule has 0 saturated heterocycles. The lowest BCUT2D eigenvalue weighted by Gasteiger charge is -2.33. The third-order valence-electron chi connectivity index (χ3n) is 4.58. The van der Waals surface area contributed by atoms with E-state index in [-0.39, 0.29) is 24.6 Å². The van der Waals surface area contributed by atoms with E-state index in [1.165, 1.54) is 34.9 Å². The number of aromatic carboxylic acids is 1. The number of nitrogens with zero attached hydrogens (tertiary/aromatic N) is 1. The molecule has 2 N–H and O–H groups in total. The highest BCUT2D eigenvalue weighted by atomic mass is 32.2. The van der Waals surface area contributed by atoms with Crippen LogP contribution in [0.15, 0.2) is 60.0 Å². The highest BCUT2D eigenvalue weighted by molar-refractivity contribution is 8.01. The molecule has 8 nitrogen and oxygen atoms in total. The van der Waals surface area contributed by atoms with Crippen LogP contribution in [0.4, 0.5) is 5.69 Å². The third kappa shape index (κ3) is 5.44. The molecule has 162 valence electrons. The summed E-state index contributed by atoms with van der Waals surface area (Å²) in [4.78, 5) is 43.8. The summed E-state index contributed by atoms with van der Waals surface area (Å²) in [6.45, 7) is 3.38. The summed E-state index contributed by atoms with van der Waals surface area (Å²) in [6.07, 6.45) is 1.89. The van der Waals surface area contributed by atoms with E-state index in [1.807, 2.05) is 24.3 Å². The topological polar surface area (TPSA) is 105 Å². The number of thioether (sulfide) groups is 1. The summed E-state index contributed by atoms with van der Waals surface area (Å²) in [6, 6.07) is 11.8. The molecule has 3 rings (SSSR count). The van der Waals surface area contributed by atoms with E-state index in [0.29, 0.717) is 22.8 Å². The molecule has 1 aliphatic heterocycles. The maximum Gasteiger partial charge on any atom is 0.335 e. The molecule has 2 aromatic rings. The van der Waals surface area contributed by atoms with Crippen LogP contribution in [0.5, 0.6) is 5.75 Å². The molecule has 1 heterocycles. The molecular weight excluding hydrogens is 420 g/mol. The van der Waals surface area contributed by atoms with Gasteiger partial charge in [0.2, 0.25) is 5.91 Å². The lowest BCUT2D eigenvalue weighted by Crippen LogP contribution is -2.47. The van der Waals surface area contributed by atoms with Crippen molar-refractivity contribution < 1.29 is 29.1 Å². The molecule has 1 aliphatic rings. The molecule has 31 heavy (non-hydrogen) atoms. The van der Waals surface area contributed by atoms with Crippen molar-refractivity contribution in [3.63, 3.8) is 0 Å². The molecule has 1 atom stereocenters. The summed E-state index contributed by atoms with van der Waals surface area (Å²) in [7, 11) is 1.58. The highest BCUT2D eigenvalue weighted by Crippen LogP contribution is 2.41. The number of carbonyl (C=O) groups excluding carboxylic acids is 2. The van der Waals surface area contributed by atoms with Crippen LogP contribution in [-0.4, -0.2) is 48.4 Å². The van der Waals surface area contributed by atoms with E-state index in [9.17, 15) is 19.5 Å². The fraction of sp³-hybridized carbons (Fsp3) is 0.227. The van der Waals surface area contributed by atoms with Crippen molar-refractivity contribution in [1.82, 2.24) is 5.48 Å². The molecule has 0 bridgehead atoms. The predicted molar refractivity (Wildman–Crippen MR) is 116 cm³/mol. The SMILES string of the molecule is C=CCONC(=O)CN1C(=O)C(Cc2ccc(OC)cc2)Sc2cc(C(=O)O)ccc21. The number of amides is 2. The Morgan fingerprint density at radius 3 is 2.65 bits per heavy atom. The Balaban J connectivity index is 1.87. The monoisotopic (exact) mass is 442 g/mol. The van der Waals surface area contributed by atoms with Gasteiger partial charge in [0, 0.05) is 4.90 Å². The average molecular weight is 442 g/mol. The molecule has 2 amide bonds. The first-order valence-electron chi connectivity index (χ1n) is 9.42. The minimum Gasteiger partial charge on any atom is -0.497 e. The standard InChI is InChI=1S/C22H22N2O6S/c1-3-10-30-23-20(25)13-24-17-9-6-15(22(27)28)12-18(17)31-19(21(24)26)11-14-4-7-16(29-2)8-5-14/h3-9,12,19H,1,10-11,13H2,2H3,(H,23,25)(H,27,28). The summed E-state index contributed by atoms with van der Waals surface area (Å²) >= 11 is 1.29. The number of carboxylic acid groups (broad SMARTS) is 1. The number of benzene rings is 2. The normalized spacial score (nSPS) is 15.2. The zero-order valence-corrected chi connectivity index (χ0v) is 17.7. The van der Waals surface area contributed by atoms with Crippen LogP contribution in [0.2, 0.25) is 0 Å². The van der Waals surface area contributed by atoms with Crippen molar-refractivity contribution in [3.05, 3.63) is 66.2 Å². The number of rotatable bonds is 9. The molecule has 2 aromatic carbocycles. The van der Waals surface area contributed by atoms with Gasteiger partial charge in [-0.3, -0.25) is 14.4 Å². The Labute approximate surface area is 183 Å². The van der Waals surface area contributed by atoms with Gasteiger partial charge in [-0.05, 0) is 42.3 Å². The highest BCUT2D eigenvalue weighted by Gasteiger charge is 2.35. The Morgan fingerprint density at radius 2 is 2.00 bits per heavy atom. The van der Waals surface area contributed by atoms with E-state index in [4.69, 9.17) is 9.57 Å². The van der Waals surface area contributed by atoms with Crippen molar-refractivity contribution in [1.29, 1.82) is 0 Å². The minimum absolute atomic E-state index is 0.113. The molecule has 0 spiro atoms. The number of carboxylic acids is 1. The van der Waals surface area contributed by atoms with Crippen molar-refractivity contribution in [2.24, 2.45) is 0 Å². The fourth-order valence-electron chi connectivity index (χ4n) is 3.09. The smallest absolute Gasteiger partial charge is 0.335 e. The first-order chi connectivity index (χ1) is 14.9. The first-order valence-corrected chi connectivity index (χ1v) is 10.3. The number of hydrogen-bond acceptors (Lipinski definition) is 6. The van der Waals surface area contributed by atoms with E-state index in [0.717, 1.165) is 5.56 Å². The Bertz CT molecular complexity index is 992. The second kappa shape index (κ2) is 10.1. The number of carbonyl (C=O) groups is 3. The molecular formula is C22H22N2O6S. The summed E-state index contributed by atoms with van der Waals surface area (Å²) in [5, 5.41) is 8.81. The van der Waals surface area contributed by atoms with Gasteiger partial charge in [-0.1, -0.05) is 18.2 Å². The van der Waals surface area contributed by atoms with Crippen LogP contribution < -0.4 is 15.1 Å². The maximum atomic E-state index is 13.2. The van der Waals surface area contributed by atoms with Crippen molar-refractivity contribution in [2.45, 2.75) is 16.6 Å². The molecule has 0 fully saturated rings. The van der Waals surface area contributed by atoms with Crippen LogP contribution in [-0.2, 0) is 20.8 Å². The number of hydroxylamine groups is 1. The molecule has 9 heteroatoms. The van der Waals surface area contributed by atoms with E-state index in [1.54, 1.807) is 13.2 Å². The molecule has 0 aromatic heterocycles. The third-order valence-corrected chi connectivity index (χ3v) is 5.81. The van der Waals surface area contributed by atoms with Crippen LogP contribution in [0, 0.1) is 0 Å². The summed E-state index contributed by atoms with van der Waals surface area (Å²) in [5.74, 6) is -1.09. The lowest BCUT2D eigenvalue weighted by molar-refractivity contribution is -0.132. The number of ether oxygens (including phenoxy) is 1. The van der Waals surface area contributed by atoms with E-state index >= 15 is 0 Å². The van der Waals surface area contributed by atoms with E-state index in [2.05, 4.69) is 12.1 Å². The number of methoxy groups -OCH3 is 1. The number of hydrogen-bond donors (Lipinski definition) is 2. The van der Waals surface area contributed by atoms with E-state index < -0.39 is 17.1 Å². The Hall–Kier alpha value is -3.30. The van der Waals surface area contributed by atoms with Crippen LogP contribution >= 0.6 is 11.8 Å². The van der Waals surface area contributed by atoms with Crippen molar-refractivity contribution in [2.75, 3.05) is 25.2 Å². The molecule has 0 saturated carbocycles. The van der Waals surface area contributed by atoms with Gasteiger partial charge in [-0.25, -0.2) is 10.3 Å². The van der Waals surface area contributed by atoms with Crippen molar-refractivity contribution >= 4 is 35.2 Å². The van der Waals surface area contributed by atoms with Gasteiger partial charge >= 0.3 is 5.97 Å². The van der Waals surface area contributed by atoms with Gasteiger partial charge in [0.25, 0.3) is 5.91 Å². The largest absolute Gasteiger partial charge is 0.497 e. The van der Waals surface area contributed by atoms with Crippen molar-refractivity contribution in [3.8, 4) is 5.75 Å². The van der Waals surface area contributed by atoms with Gasteiger partial charge in [0.15, 0.2) is 0 Å². The lowest BCUT2D eigenvalue weighted by atomic mass is 10.1. The second-order valence-electron chi connectivity index (χ2n) is 6.70. The van der Waals surface area contributed by atoms with Gasteiger partial charge in [0.05, 0.1) is 30.2 Å². The number of fused-ring (bicyclic) bond motifs is 1. The predicted octanol–water partition coefficient (Wildman–Crippen LogP) is 2.68. The van der Waals surface area contributed by atoms with Gasteiger partial charge < -0.3 is 14.7 Å². The molecule has 0 radical (unpaired) electrons. The van der Waals surface area contributed by atoms with Gasteiger partial charge in [-0.2, -0.15) is 0 Å².